The van der Waals surface area contributed by atoms with Crippen molar-refractivity contribution in [3.05, 3.63) is 59.3 Å². The number of anilines is 2. The third kappa shape index (κ3) is 4.33. The number of halogens is 2. The smallest absolute Gasteiger partial charge is 0.254 e. The molecule has 2 aliphatic heterocycles. The van der Waals surface area contributed by atoms with E-state index in [0.717, 1.165) is 18.7 Å². The van der Waals surface area contributed by atoms with Gasteiger partial charge in [0.2, 0.25) is 5.95 Å². The van der Waals surface area contributed by atoms with Gasteiger partial charge in [-0.15, -0.1) is 0 Å². The van der Waals surface area contributed by atoms with E-state index in [1.165, 1.54) is 18.9 Å². The van der Waals surface area contributed by atoms with Gasteiger partial charge >= 0.3 is 0 Å². The number of aromatic nitrogens is 2. The molecule has 3 N–H and O–H groups in total. The fourth-order valence-corrected chi connectivity index (χ4v) is 5.26. The van der Waals surface area contributed by atoms with E-state index in [9.17, 15) is 13.6 Å². The van der Waals surface area contributed by atoms with Gasteiger partial charge in [0.25, 0.3) is 5.91 Å². The Hall–Kier alpha value is -3.55. The van der Waals surface area contributed by atoms with Gasteiger partial charge in [-0.25, -0.2) is 9.37 Å². The lowest BCUT2D eigenvalue weighted by atomic mass is 9.92. The lowest BCUT2D eigenvalue weighted by Crippen LogP contribution is -2.42. The first-order chi connectivity index (χ1) is 16.8. The first-order valence-corrected chi connectivity index (χ1v) is 12.1. The zero-order chi connectivity index (χ0) is 24.7. The fraction of sp³-hybridized carbons (Fsp3) is 0.370. The number of nitrogens with one attached hydrogen (secondary N) is 1. The molecule has 1 atom stereocenters. The zero-order valence-corrected chi connectivity index (χ0v) is 19.9. The average molecular weight is 478 g/mol. The number of carbonyl (C=O) groups excluding carboxylic acids is 1. The summed E-state index contributed by atoms with van der Waals surface area (Å²) < 4.78 is 29.7. The number of fused-ring (bicyclic) bond motifs is 1. The van der Waals surface area contributed by atoms with Crippen LogP contribution in [0.3, 0.4) is 0 Å². The van der Waals surface area contributed by atoms with Gasteiger partial charge in [0, 0.05) is 35.9 Å². The van der Waals surface area contributed by atoms with Crippen LogP contribution in [0.25, 0.3) is 22.5 Å². The number of carbonyl (C=O) groups is 1. The van der Waals surface area contributed by atoms with Gasteiger partial charge in [0.05, 0.1) is 5.56 Å². The second-order valence-electron chi connectivity index (χ2n) is 9.64. The molecular weight excluding hydrogens is 448 g/mol. The lowest BCUT2D eigenvalue weighted by Gasteiger charge is -2.40. The summed E-state index contributed by atoms with van der Waals surface area (Å²) in [6, 6.07) is 11.0. The Morgan fingerprint density at radius 3 is 2.57 bits per heavy atom. The molecule has 3 heterocycles. The molecule has 1 amide bonds. The number of hydrogen-bond acceptors (Lipinski definition) is 5. The van der Waals surface area contributed by atoms with Crippen LogP contribution in [0.4, 0.5) is 20.3 Å². The van der Waals surface area contributed by atoms with E-state index in [4.69, 9.17) is 5.73 Å². The Balaban J connectivity index is 1.51. The molecular formula is C27H29F2N5O. The van der Waals surface area contributed by atoms with Crippen LogP contribution in [-0.4, -0.2) is 35.0 Å². The molecule has 0 spiro atoms. The van der Waals surface area contributed by atoms with E-state index in [2.05, 4.69) is 34.0 Å². The fourth-order valence-electron chi connectivity index (χ4n) is 5.26. The van der Waals surface area contributed by atoms with Gasteiger partial charge in [-0.3, -0.25) is 4.79 Å². The topological polar surface area (TPSA) is 84.1 Å². The highest BCUT2D eigenvalue weighted by atomic mass is 19.1. The minimum atomic E-state index is -0.783. The van der Waals surface area contributed by atoms with Crippen LogP contribution in [0, 0.1) is 17.7 Å². The third-order valence-corrected chi connectivity index (χ3v) is 7.02. The van der Waals surface area contributed by atoms with Crippen molar-refractivity contribution in [1.82, 2.24) is 15.3 Å². The average Bonchev–Trinajstić information content (AvgIpc) is 2.84. The number of benzene rings is 2. The van der Waals surface area contributed by atoms with Gasteiger partial charge in [-0.05, 0) is 61.4 Å². The number of hydrogen-bond donors (Lipinski definition) is 2. The van der Waals surface area contributed by atoms with Crippen LogP contribution in [0.15, 0.2) is 36.4 Å². The van der Waals surface area contributed by atoms with Crippen molar-refractivity contribution < 1.29 is 13.6 Å². The van der Waals surface area contributed by atoms with Gasteiger partial charge in [0.1, 0.15) is 17.2 Å². The van der Waals surface area contributed by atoms with Crippen molar-refractivity contribution in [3.8, 4) is 22.5 Å². The van der Waals surface area contributed by atoms with Crippen molar-refractivity contribution in [1.29, 1.82) is 0 Å². The third-order valence-electron chi connectivity index (χ3n) is 7.02. The molecule has 5 rings (SSSR count). The summed E-state index contributed by atoms with van der Waals surface area (Å²) in [5.41, 5.74) is 8.87. The Labute approximate surface area is 203 Å². The summed E-state index contributed by atoms with van der Waals surface area (Å²) >= 11 is 0. The molecule has 35 heavy (non-hydrogen) atoms. The van der Waals surface area contributed by atoms with Gasteiger partial charge < -0.3 is 16.0 Å². The molecule has 1 aromatic heterocycles. The van der Waals surface area contributed by atoms with Gasteiger partial charge in [-0.1, -0.05) is 26.0 Å². The summed E-state index contributed by atoms with van der Waals surface area (Å²) in [5.74, 6) is -1.47. The number of nitrogens with two attached hydrogens (primary N) is 1. The quantitative estimate of drug-likeness (QED) is 0.554. The molecule has 2 aromatic carbocycles. The van der Waals surface area contributed by atoms with Crippen molar-refractivity contribution >= 4 is 17.4 Å². The minimum absolute atomic E-state index is 0.0295. The molecule has 0 radical (unpaired) electrons. The van der Waals surface area contributed by atoms with Crippen LogP contribution < -0.4 is 16.0 Å². The summed E-state index contributed by atoms with van der Waals surface area (Å²) in [5, 5.41) is 2.64. The first-order valence-electron chi connectivity index (χ1n) is 12.1. The van der Waals surface area contributed by atoms with Crippen LogP contribution in [0.5, 0.6) is 0 Å². The maximum atomic E-state index is 14.9. The van der Waals surface area contributed by atoms with E-state index >= 15 is 0 Å². The largest absolute Gasteiger partial charge is 0.382 e. The number of amides is 1. The Kier molecular flexibility index (Phi) is 6.13. The Morgan fingerprint density at radius 2 is 1.83 bits per heavy atom. The minimum Gasteiger partial charge on any atom is -0.382 e. The summed E-state index contributed by atoms with van der Waals surface area (Å²) in [7, 11) is 0. The van der Waals surface area contributed by atoms with Crippen molar-refractivity contribution in [2.45, 2.75) is 45.6 Å². The molecule has 8 heteroatoms. The summed E-state index contributed by atoms with van der Waals surface area (Å²) in [6.45, 7) is 5.91. The summed E-state index contributed by atoms with van der Waals surface area (Å²) in [6.07, 6.45) is 4.05. The maximum absolute atomic E-state index is 14.9. The van der Waals surface area contributed by atoms with Crippen molar-refractivity contribution in [2.75, 3.05) is 23.7 Å². The predicted molar refractivity (Wildman–Crippen MR) is 133 cm³/mol. The van der Waals surface area contributed by atoms with Gasteiger partial charge in [0.15, 0.2) is 5.82 Å². The molecule has 0 aliphatic carbocycles. The van der Waals surface area contributed by atoms with E-state index in [-0.39, 0.29) is 22.8 Å². The predicted octanol–water partition coefficient (Wildman–Crippen LogP) is 4.97. The maximum Gasteiger partial charge on any atom is 0.254 e. The van der Waals surface area contributed by atoms with E-state index in [0.29, 0.717) is 41.6 Å². The second-order valence-corrected chi connectivity index (χ2v) is 9.64. The first kappa shape index (κ1) is 23.2. The van der Waals surface area contributed by atoms with Crippen molar-refractivity contribution in [2.24, 2.45) is 5.92 Å². The standard InChI is InChI=1S/C27H29F2N5O/c1-15(2)21-5-3-4-12-34(21)19-8-6-16(7-9-19)23-25(29)33-26(30)24(32-23)18-13-17-10-11-31-27(35)22(17)20(28)14-18/h6-9,13-15,21H,3-5,10-12H2,1-2H3,(H2,30,33)(H,31,35). The molecule has 0 bridgehead atoms. The molecule has 182 valence electrons. The number of nitrogen functional groups attached to an aromatic ring is 1. The normalized spacial score (nSPS) is 17.9. The molecule has 3 aromatic rings. The lowest BCUT2D eigenvalue weighted by molar-refractivity contribution is 0.0941. The van der Waals surface area contributed by atoms with Crippen LogP contribution >= 0.6 is 0 Å². The SMILES string of the molecule is CC(C)C1CCCCN1c1ccc(-c2nc(-c3cc(F)c4c(c3)CCNC4=O)c(N)nc2F)cc1. The van der Waals surface area contributed by atoms with E-state index < -0.39 is 17.7 Å². The molecule has 0 saturated carbocycles. The number of rotatable bonds is 4. The summed E-state index contributed by atoms with van der Waals surface area (Å²) in [4.78, 5) is 22.8. The van der Waals surface area contributed by atoms with Crippen LogP contribution in [0.2, 0.25) is 0 Å². The monoisotopic (exact) mass is 477 g/mol. The second kappa shape index (κ2) is 9.24. The molecule has 1 fully saturated rings. The van der Waals surface area contributed by atoms with Crippen LogP contribution in [0.1, 0.15) is 49.0 Å². The Morgan fingerprint density at radius 1 is 1.06 bits per heavy atom. The van der Waals surface area contributed by atoms with E-state index in [1.807, 2.05) is 24.3 Å². The van der Waals surface area contributed by atoms with Crippen molar-refractivity contribution in [3.63, 3.8) is 0 Å². The number of piperidine rings is 1. The zero-order valence-electron chi connectivity index (χ0n) is 19.9. The molecule has 1 saturated heterocycles. The number of nitrogens with zero attached hydrogens (tertiary/aromatic N) is 3. The van der Waals surface area contributed by atoms with E-state index in [1.54, 1.807) is 6.07 Å². The van der Waals surface area contributed by atoms with Gasteiger partial charge in [-0.2, -0.15) is 9.37 Å². The van der Waals surface area contributed by atoms with Crippen LogP contribution in [-0.2, 0) is 6.42 Å². The molecule has 6 nitrogen and oxygen atoms in total. The Bertz CT molecular complexity index is 1280. The highest BCUT2D eigenvalue weighted by Gasteiger charge is 2.26. The highest BCUT2D eigenvalue weighted by Crippen LogP contribution is 2.33. The highest BCUT2D eigenvalue weighted by molar-refractivity contribution is 5.97. The molecule has 2 aliphatic rings. The molecule has 1 unspecified atom stereocenters.